The molecule has 0 atom stereocenters. The third-order valence-corrected chi connectivity index (χ3v) is 6.63. The second-order valence-electron chi connectivity index (χ2n) is 8.95. The Bertz CT molecular complexity index is 1180. The lowest BCUT2D eigenvalue weighted by atomic mass is 9.85. The van der Waals surface area contributed by atoms with Crippen LogP contribution in [-0.4, -0.2) is 32.6 Å². The topological polar surface area (TPSA) is 115 Å². The molecule has 4 N–H and O–H groups in total. The largest absolute Gasteiger partial charge is 0.381 e. The van der Waals surface area contributed by atoms with Crippen molar-refractivity contribution in [3.8, 4) is 0 Å². The minimum absolute atomic E-state index is 0.0659. The van der Waals surface area contributed by atoms with Gasteiger partial charge in [0.25, 0.3) is 5.91 Å². The van der Waals surface area contributed by atoms with Gasteiger partial charge in [-0.3, -0.25) is 9.59 Å². The molecule has 33 heavy (non-hydrogen) atoms. The number of hydrogen-bond acceptors (Lipinski definition) is 5. The highest BCUT2D eigenvalue weighted by Gasteiger charge is 2.27. The van der Waals surface area contributed by atoms with Gasteiger partial charge in [-0.25, -0.2) is 9.67 Å². The van der Waals surface area contributed by atoms with Gasteiger partial charge in [0.05, 0.1) is 22.8 Å². The van der Waals surface area contributed by atoms with Gasteiger partial charge in [0.2, 0.25) is 5.91 Å². The van der Waals surface area contributed by atoms with E-state index in [0.29, 0.717) is 18.7 Å². The summed E-state index contributed by atoms with van der Waals surface area (Å²) in [6.45, 7) is 7.26. The maximum Gasteiger partial charge on any atom is 0.255 e. The van der Waals surface area contributed by atoms with Crippen LogP contribution in [0.5, 0.6) is 0 Å². The number of nitrogens with zero attached hydrogens (tertiary/aromatic N) is 3. The number of aryl methyl sites for hydroxylation is 3. The molecule has 0 bridgehead atoms. The Kier molecular flexibility index (Phi) is 6.62. The Morgan fingerprint density at radius 1 is 1.15 bits per heavy atom. The fraction of sp³-hybridized carbons (Fsp3) is 0.440. The van der Waals surface area contributed by atoms with Gasteiger partial charge in [-0.15, -0.1) is 0 Å². The van der Waals surface area contributed by atoms with Crippen molar-refractivity contribution in [1.29, 1.82) is 0 Å². The SMILES string of the molecule is CCn1ncc2c(N[C@H]3CC[C@@H](C(N)=O)CC3)c(C(=O)NCc3ccc(C)cc3C)cnc21. The summed E-state index contributed by atoms with van der Waals surface area (Å²) >= 11 is 0. The van der Waals surface area contributed by atoms with E-state index in [4.69, 9.17) is 5.73 Å². The molecule has 0 unspecified atom stereocenters. The number of nitrogens with two attached hydrogens (primary N) is 1. The van der Waals surface area contributed by atoms with Crippen molar-refractivity contribution < 1.29 is 9.59 Å². The number of benzene rings is 1. The Balaban J connectivity index is 1.59. The van der Waals surface area contributed by atoms with Gasteiger partial charge in [0, 0.05) is 31.2 Å². The molecular weight excluding hydrogens is 416 g/mol. The highest BCUT2D eigenvalue weighted by Crippen LogP contribution is 2.31. The lowest BCUT2D eigenvalue weighted by molar-refractivity contribution is -0.122. The normalized spacial score (nSPS) is 18.3. The monoisotopic (exact) mass is 448 g/mol. The smallest absolute Gasteiger partial charge is 0.255 e. The molecule has 8 nitrogen and oxygen atoms in total. The summed E-state index contributed by atoms with van der Waals surface area (Å²) < 4.78 is 1.82. The number of fused-ring (bicyclic) bond motifs is 1. The first-order chi connectivity index (χ1) is 15.9. The van der Waals surface area contributed by atoms with Gasteiger partial charge in [-0.1, -0.05) is 23.8 Å². The lowest BCUT2D eigenvalue weighted by Gasteiger charge is -2.29. The molecule has 0 aliphatic heterocycles. The third-order valence-electron chi connectivity index (χ3n) is 6.63. The highest BCUT2D eigenvalue weighted by molar-refractivity contribution is 6.06. The Morgan fingerprint density at radius 3 is 2.58 bits per heavy atom. The number of anilines is 1. The van der Waals surface area contributed by atoms with Crippen molar-refractivity contribution in [1.82, 2.24) is 20.1 Å². The van der Waals surface area contributed by atoms with Crippen molar-refractivity contribution in [2.45, 2.75) is 65.6 Å². The maximum absolute atomic E-state index is 13.2. The van der Waals surface area contributed by atoms with E-state index < -0.39 is 0 Å². The predicted molar refractivity (Wildman–Crippen MR) is 129 cm³/mol. The van der Waals surface area contributed by atoms with Crippen molar-refractivity contribution in [3.05, 3.63) is 52.8 Å². The summed E-state index contributed by atoms with van der Waals surface area (Å²) in [5, 5.41) is 11.9. The summed E-state index contributed by atoms with van der Waals surface area (Å²) in [5.41, 5.74) is 10.9. The van der Waals surface area contributed by atoms with Crippen LogP contribution in [0.25, 0.3) is 11.0 Å². The molecule has 1 aromatic carbocycles. The van der Waals surface area contributed by atoms with Crippen LogP contribution in [0, 0.1) is 19.8 Å². The number of nitrogens with one attached hydrogen (secondary N) is 2. The Labute approximate surface area is 193 Å². The highest BCUT2D eigenvalue weighted by atomic mass is 16.2. The van der Waals surface area contributed by atoms with Gasteiger partial charge in [0.1, 0.15) is 0 Å². The van der Waals surface area contributed by atoms with Crippen LogP contribution in [0.15, 0.2) is 30.6 Å². The Morgan fingerprint density at radius 2 is 1.91 bits per heavy atom. The molecule has 174 valence electrons. The number of amides is 2. The van der Waals surface area contributed by atoms with E-state index in [1.54, 1.807) is 12.4 Å². The van der Waals surface area contributed by atoms with Crippen molar-refractivity contribution in [3.63, 3.8) is 0 Å². The van der Waals surface area contributed by atoms with Crippen molar-refractivity contribution in [2.24, 2.45) is 11.7 Å². The zero-order chi connectivity index (χ0) is 23.5. The van der Waals surface area contributed by atoms with E-state index in [9.17, 15) is 9.59 Å². The summed E-state index contributed by atoms with van der Waals surface area (Å²) in [4.78, 5) is 29.3. The molecule has 1 aliphatic rings. The van der Waals surface area contributed by atoms with Crippen molar-refractivity contribution >= 4 is 28.5 Å². The first-order valence-corrected chi connectivity index (χ1v) is 11.6. The number of rotatable bonds is 7. The second kappa shape index (κ2) is 9.60. The van der Waals surface area contributed by atoms with Crippen LogP contribution in [-0.2, 0) is 17.9 Å². The van der Waals surface area contributed by atoms with Crippen molar-refractivity contribution in [2.75, 3.05) is 5.32 Å². The molecule has 0 saturated heterocycles. The second-order valence-corrected chi connectivity index (χ2v) is 8.95. The number of hydrogen-bond donors (Lipinski definition) is 3. The van der Waals surface area contributed by atoms with E-state index in [-0.39, 0.29) is 23.8 Å². The van der Waals surface area contributed by atoms with Crippen LogP contribution >= 0.6 is 0 Å². The number of pyridine rings is 1. The number of carbonyl (C=O) groups is 2. The molecule has 4 rings (SSSR count). The van der Waals surface area contributed by atoms with Crippen LogP contribution in [0.1, 0.15) is 59.7 Å². The van der Waals surface area contributed by atoms with Crippen LogP contribution < -0.4 is 16.4 Å². The number of carbonyl (C=O) groups excluding carboxylic acids is 2. The van der Waals surface area contributed by atoms with Crippen LogP contribution in [0.2, 0.25) is 0 Å². The molecule has 1 saturated carbocycles. The van der Waals surface area contributed by atoms with Crippen LogP contribution in [0.4, 0.5) is 5.69 Å². The van der Waals surface area contributed by atoms with Gasteiger partial charge in [0.15, 0.2) is 5.65 Å². The molecule has 0 spiro atoms. The molecule has 3 aromatic rings. The lowest BCUT2D eigenvalue weighted by Crippen LogP contribution is -2.33. The fourth-order valence-electron chi connectivity index (χ4n) is 4.63. The average molecular weight is 449 g/mol. The Hall–Kier alpha value is -3.42. The molecule has 2 aromatic heterocycles. The first-order valence-electron chi connectivity index (χ1n) is 11.6. The van der Waals surface area contributed by atoms with Gasteiger partial charge < -0.3 is 16.4 Å². The molecular formula is C25H32N6O2. The van der Waals surface area contributed by atoms with Gasteiger partial charge >= 0.3 is 0 Å². The molecule has 1 aliphatic carbocycles. The first kappa shape index (κ1) is 22.8. The zero-order valence-electron chi connectivity index (χ0n) is 19.5. The molecule has 2 amide bonds. The van der Waals surface area contributed by atoms with E-state index >= 15 is 0 Å². The third kappa shape index (κ3) is 4.84. The number of aromatic nitrogens is 3. The van der Waals surface area contributed by atoms with Gasteiger partial charge in [-0.05, 0) is 57.6 Å². The van der Waals surface area contributed by atoms with E-state index in [0.717, 1.165) is 53.5 Å². The maximum atomic E-state index is 13.2. The number of primary amides is 1. The van der Waals surface area contributed by atoms with Gasteiger partial charge in [-0.2, -0.15) is 5.10 Å². The molecule has 0 radical (unpaired) electrons. The summed E-state index contributed by atoms with van der Waals surface area (Å²) in [7, 11) is 0. The molecule has 1 fully saturated rings. The quantitative estimate of drug-likeness (QED) is 0.512. The fourth-order valence-corrected chi connectivity index (χ4v) is 4.63. The molecule has 8 heteroatoms. The summed E-state index contributed by atoms with van der Waals surface area (Å²) in [6, 6.07) is 6.37. The minimum atomic E-state index is -0.226. The standard InChI is InChI=1S/C25H32N6O2/c1-4-31-24-20(14-29-31)22(30-19-9-7-17(8-10-19)23(26)32)21(13-27-24)25(33)28-12-18-6-5-15(2)11-16(18)3/h5-6,11,13-14,17,19H,4,7-10,12H2,1-3H3,(H2,26,32)(H,27,30)(H,28,33)/t17-,19+. The average Bonchev–Trinajstić information content (AvgIpc) is 3.22. The molecule has 2 heterocycles. The van der Waals surface area contributed by atoms with E-state index in [2.05, 4.69) is 46.7 Å². The van der Waals surface area contributed by atoms with E-state index in [1.807, 2.05) is 17.7 Å². The predicted octanol–water partition coefficient (Wildman–Crippen LogP) is 3.45. The zero-order valence-corrected chi connectivity index (χ0v) is 19.5. The van der Waals surface area contributed by atoms with E-state index in [1.165, 1.54) is 5.56 Å². The summed E-state index contributed by atoms with van der Waals surface area (Å²) in [6.07, 6.45) is 6.55. The minimum Gasteiger partial charge on any atom is -0.381 e. The summed E-state index contributed by atoms with van der Waals surface area (Å²) in [5.74, 6) is -0.471. The van der Waals surface area contributed by atoms with Crippen LogP contribution in [0.3, 0.4) is 0 Å².